The van der Waals surface area contributed by atoms with Gasteiger partial charge in [0.2, 0.25) is 0 Å². The third kappa shape index (κ3) is 2.69. The predicted molar refractivity (Wildman–Crippen MR) is 70.1 cm³/mol. The highest BCUT2D eigenvalue weighted by Gasteiger charge is 2.02. The van der Waals surface area contributed by atoms with Gasteiger partial charge in [0.15, 0.2) is 0 Å². The first-order valence-corrected chi connectivity index (χ1v) is 5.69. The number of hydrogen-bond donors (Lipinski definition) is 1. The molecule has 2 aromatic carbocycles. The fraction of sp³-hybridized carbons (Fsp3) is 0.0769. The molecule has 0 heterocycles. The first-order chi connectivity index (χ1) is 7.65. The highest BCUT2D eigenvalue weighted by molar-refractivity contribution is 6.35. The molecule has 3 heteroatoms. The second-order valence-electron chi connectivity index (χ2n) is 3.66. The molecule has 0 aromatic heterocycles. The van der Waals surface area contributed by atoms with Crippen molar-refractivity contribution in [1.82, 2.24) is 0 Å². The molecule has 2 N–H and O–H groups in total. The molecule has 0 amide bonds. The third-order valence-corrected chi connectivity index (χ3v) is 2.95. The molecule has 0 spiro atoms. The van der Waals surface area contributed by atoms with Crippen molar-refractivity contribution >= 4 is 28.9 Å². The van der Waals surface area contributed by atoms with Crippen LogP contribution < -0.4 is 5.73 Å². The minimum atomic E-state index is 0.654. The van der Waals surface area contributed by atoms with Crippen molar-refractivity contribution in [3.8, 4) is 0 Å². The fourth-order valence-electron chi connectivity index (χ4n) is 1.59. The molecule has 0 saturated heterocycles. The molecule has 0 saturated carbocycles. The molecule has 0 aliphatic heterocycles. The van der Waals surface area contributed by atoms with Crippen LogP contribution in [0.4, 0.5) is 5.69 Å². The second kappa shape index (κ2) is 4.77. The number of hydrogen-bond acceptors (Lipinski definition) is 1. The van der Waals surface area contributed by atoms with Crippen molar-refractivity contribution in [2.75, 3.05) is 5.73 Å². The number of benzene rings is 2. The molecule has 16 heavy (non-hydrogen) atoms. The fourth-order valence-corrected chi connectivity index (χ4v) is 2.06. The van der Waals surface area contributed by atoms with Crippen molar-refractivity contribution in [2.45, 2.75) is 6.42 Å². The molecule has 0 aliphatic carbocycles. The van der Waals surface area contributed by atoms with E-state index in [1.807, 2.05) is 36.4 Å². The van der Waals surface area contributed by atoms with E-state index >= 15 is 0 Å². The van der Waals surface area contributed by atoms with Gasteiger partial charge in [-0.25, -0.2) is 0 Å². The van der Waals surface area contributed by atoms with Gasteiger partial charge in [0, 0.05) is 15.7 Å². The Morgan fingerprint density at radius 1 is 1.00 bits per heavy atom. The van der Waals surface area contributed by atoms with Crippen LogP contribution in [0.15, 0.2) is 42.5 Å². The lowest BCUT2D eigenvalue weighted by Gasteiger charge is -2.05. The highest BCUT2D eigenvalue weighted by atomic mass is 35.5. The molecule has 0 unspecified atom stereocenters. The number of nitrogen functional groups attached to an aromatic ring is 1. The zero-order chi connectivity index (χ0) is 11.5. The molecule has 0 bridgehead atoms. The molecule has 2 aromatic rings. The van der Waals surface area contributed by atoms with Gasteiger partial charge in [0.1, 0.15) is 0 Å². The summed E-state index contributed by atoms with van der Waals surface area (Å²) in [4.78, 5) is 0. The molecular weight excluding hydrogens is 241 g/mol. The van der Waals surface area contributed by atoms with Crippen LogP contribution in [-0.2, 0) is 6.42 Å². The first-order valence-electron chi connectivity index (χ1n) is 4.93. The summed E-state index contributed by atoms with van der Waals surface area (Å²) in [5, 5.41) is 1.34. The van der Waals surface area contributed by atoms with E-state index < -0.39 is 0 Å². The van der Waals surface area contributed by atoms with Crippen LogP contribution in [0.1, 0.15) is 11.1 Å². The normalized spacial score (nSPS) is 10.4. The maximum atomic E-state index is 6.10. The first kappa shape index (κ1) is 11.3. The van der Waals surface area contributed by atoms with Crippen LogP contribution in [0.25, 0.3) is 0 Å². The topological polar surface area (TPSA) is 26.0 Å². The lowest BCUT2D eigenvalue weighted by molar-refractivity contribution is 1.19. The van der Waals surface area contributed by atoms with Gasteiger partial charge in [0.05, 0.1) is 0 Å². The van der Waals surface area contributed by atoms with Crippen LogP contribution in [0.5, 0.6) is 0 Å². The van der Waals surface area contributed by atoms with Gasteiger partial charge in [-0.1, -0.05) is 41.4 Å². The Morgan fingerprint density at radius 3 is 2.50 bits per heavy atom. The predicted octanol–water partition coefficient (Wildman–Crippen LogP) is 4.17. The zero-order valence-electron chi connectivity index (χ0n) is 8.58. The average molecular weight is 252 g/mol. The van der Waals surface area contributed by atoms with Gasteiger partial charge < -0.3 is 5.73 Å². The molecule has 2 rings (SSSR count). The van der Waals surface area contributed by atoms with Crippen molar-refractivity contribution in [3.05, 3.63) is 63.6 Å². The van der Waals surface area contributed by atoms with Gasteiger partial charge in [0.25, 0.3) is 0 Å². The van der Waals surface area contributed by atoms with Crippen molar-refractivity contribution in [3.63, 3.8) is 0 Å². The Bertz CT molecular complexity index is 509. The molecule has 0 aliphatic rings. The van der Waals surface area contributed by atoms with E-state index in [4.69, 9.17) is 28.9 Å². The monoisotopic (exact) mass is 251 g/mol. The Hall–Kier alpha value is -1.18. The van der Waals surface area contributed by atoms with E-state index in [-0.39, 0.29) is 0 Å². The molecule has 1 nitrogen and oxygen atoms in total. The van der Waals surface area contributed by atoms with Crippen molar-refractivity contribution in [1.29, 1.82) is 0 Å². The standard InChI is InChI=1S/C13H11Cl2N/c14-11-5-4-10(13(15)8-11)6-9-2-1-3-12(16)7-9/h1-5,7-8H,6,16H2. The molecular formula is C13H11Cl2N. The molecule has 0 atom stereocenters. The number of rotatable bonds is 2. The number of nitrogens with two attached hydrogens (primary N) is 1. The maximum Gasteiger partial charge on any atom is 0.0456 e. The largest absolute Gasteiger partial charge is 0.399 e. The van der Waals surface area contributed by atoms with E-state index in [0.29, 0.717) is 10.0 Å². The van der Waals surface area contributed by atoms with E-state index in [0.717, 1.165) is 23.2 Å². The Morgan fingerprint density at radius 2 is 1.81 bits per heavy atom. The SMILES string of the molecule is Nc1cccc(Cc2ccc(Cl)cc2Cl)c1. The second-order valence-corrected chi connectivity index (χ2v) is 4.50. The third-order valence-electron chi connectivity index (χ3n) is 2.36. The van der Waals surface area contributed by atoms with E-state index in [1.54, 1.807) is 6.07 Å². The van der Waals surface area contributed by atoms with Gasteiger partial charge in [-0.2, -0.15) is 0 Å². The van der Waals surface area contributed by atoms with Gasteiger partial charge in [-0.15, -0.1) is 0 Å². The Balaban J connectivity index is 2.27. The Kier molecular flexibility index (Phi) is 3.37. The summed E-state index contributed by atoms with van der Waals surface area (Å²) in [6.07, 6.45) is 0.765. The van der Waals surface area contributed by atoms with Crippen LogP contribution in [0.2, 0.25) is 10.0 Å². The summed E-state index contributed by atoms with van der Waals surface area (Å²) >= 11 is 11.9. The van der Waals surface area contributed by atoms with Crippen LogP contribution in [0.3, 0.4) is 0 Å². The van der Waals surface area contributed by atoms with Crippen LogP contribution >= 0.6 is 23.2 Å². The van der Waals surface area contributed by atoms with Crippen LogP contribution in [0, 0.1) is 0 Å². The van der Waals surface area contributed by atoms with Gasteiger partial charge in [-0.3, -0.25) is 0 Å². The molecule has 0 radical (unpaired) electrons. The molecule has 0 fully saturated rings. The number of halogens is 2. The lowest BCUT2D eigenvalue weighted by Crippen LogP contribution is -1.91. The van der Waals surface area contributed by atoms with Gasteiger partial charge >= 0.3 is 0 Å². The molecule has 82 valence electrons. The Labute approximate surface area is 105 Å². The summed E-state index contributed by atoms with van der Waals surface area (Å²) < 4.78 is 0. The minimum Gasteiger partial charge on any atom is -0.399 e. The zero-order valence-corrected chi connectivity index (χ0v) is 10.1. The summed E-state index contributed by atoms with van der Waals surface area (Å²) in [7, 11) is 0. The average Bonchev–Trinajstić information content (AvgIpc) is 2.22. The van der Waals surface area contributed by atoms with Gasteiger partial charge in [-0.05, 0) is 41.8 Å². The van der Waals surface area contributed by atoms with E-state index in [2.05, 4.69) is 0 Å². The van der Waals surface area contributed by atoms with Crippen LogP contribution in [-0.4, -0.2) is 0 Å². The minimum absolute atomic E-state index is 0.654. The maximum absolute atomic E-state index is 6.10. The quantitative estimate of drug-likeness (QED) is 0.797. The summed E-state index contributed by atoms with van der Waals surface area (Å²) in [6.45, 7) is 0. The van der Waals surface area contributed by atoms with E-state index in [9.17, 15) is 0 Å². The van der Waals surface area contributed by atoms with Crippen molar-refractivity contribution in [2.24, 2.45) is 0 Å². The highest BCUT2D eigenvalue weighted by Crippen LogP contribution is 2.23. The smallest absolute Gasteiger partial charge is 0.0456 e. The summed E-state index contributed by atoms with van der Waals surface area (Å²) in [6, 6.07) is 13.3. The van der Waals surface area contributed by atoms with Crippen molar-refractivity contribution < 1.29 is 0 Å². The summed E-state index contributed by atoms with van der Waals surface area (Å²) in [5.41, 5.74) is 8.68. The summed E-state index contributed by atoms with van der Waals surface area (Å²) in [5.74, 6) is 0. The number of anilines is 1. The van der Waals surface area contributed by atoms with E-state index in [1.165, 1.54) is 0 Å². The lowest BCUT2D eigenvalue weighted by atomic mass is 10.0.